The lowest BCUT2D eigenvalue weighted by molar-refractivity contribution is 0.179. The molecule has 0 aromatic heterocycles. The quantitative estimate of drug-likeness (QED) is 0.635. The molecule has 0 aliphatic rings. The van der Waals surface area contributed by atoms with Crippen LogP contribution in [0.4, 0.5) is 4.39 Å². The average molecular weight is 175 g/mol. The maximum absolute atomic E-state index is 12.8. The van der Waals surface area contributed by atoms with Gasteiger partial charge in [0.1, 0.15) is 12.4 Å². The normalized spacial score (nSPS) is 10.6. The van der Waals surface area contributed by atoms with E-state index in [0.717, 1.165) is 16.3 Å². The molecule has 0 aliphatic heterocycles. The molecule has 2 heteroatoms. The van der Waals surface area contributed by atoms with Gasteiger partial charge < -0.3 is 0 Å². The van der Waals surface area contributed by atoms with Crippen LogP contribution in [-0.4, -0.2) is 0 Å². The molecule has 0 fully saturated rings. The molecule has 0 spiro atoms. The van der Waals surface area contributed by atoms with Crippen LogP contribution in [0.25, 0.3) is 10.8 Å². The van der Waals surface area contributed by atoms with Crippen molar-refractivity contribution < 1.29 is 9.50 Å². The molecule has 2 aromatic carbocycles. The highest BCUT2D eigenvalue weighted by molar-refractivity contribution is 5.85. The Morgan fingerprint density at radius 1 is 1.15 bits per heavy atom. The van der Waals surface area contributed by atoms with E-state index < -0.39 is 0 Å². The monoisotopic (exact) mass is 175 g/mol. The maximum atomic E-state index is 12.8. The summed E-state index contributed by atoms with van der Waals surface area (Å²) in [5.74, 6) is -0.268. The second-order valence-electron chi connectivity index (χ2n) is 2.93. The Bertz CT molecular complexity index is 437. The summed E-state index contributed by atoms with van der Waals surface area (Å²) in [6, 6.07) is 9.81. The minimum Gasteiger partial charge on any atom is -0.232 e. The first-order valence-corrected chi connectivity index (χ1v) is 4.06. The Morgan fingerprint density at radius 3 is 2.77 bits per heavy atom. The summed E-state index contributed by atoms with van der Waals surface area (Å²) in [7, 11) is 0. The smallest absolute Gasteiger partial charge is 0.123 e. The van der Waals surface area contributed by atoms with Gasteiger partial charge in [-0.1, -0.05) is 24.3 Å². The fourth-order valence-corrected chi connectivity index (χ4v) is 1.45. The molecule has 0 N–H and O–H groups in total. The number of benzene rings is 2. The van der Waals surface area contributed by atoms with Gasteiger partial charge in [0.15, 0.2) is 0 Å². The van der Waals surface area contributed by atoms with E-state index in [1.807, 2.05) is 0 Å². The molecule has 2 rings (SSSR count). The highest BCUT2D eigenvalue weighted by atomic mass is 19.1. The van der Waals surface area contributed by atoms with Gasteiger partial charge in [0.2, 0.25) is 0 Å². The maximum Gasteiger partial charge on any atom is 0.123 e. The number of halogens is 1. The summed E-state index contributed by atoms with van der Waals surface area (Å²) in [6.07, 6.45) is 0. The van der Waals surface area contributed by atoms with E-state index in [9.17, 15) is 9.50 Å². The topological polar surface area (TPSA) is 19.9 Å². The Hall–Kier alpha value is -1.41. The SMILES string of the molecule is [O]Cc1cccc2cc(F)ccc12. The molecule has 65 valence electrons. The first-order valence-electron chi connectivity index (χ1n) is 4.06. The zero-order valence-corrected chi connectivity index (χ0v) is 6.96. The van der Waals surface area contributed by atoms with E-state index in [1.54, 1.807) is 24.3 Å². The van der Waals surface area contributed by atoms with Gasteiger partial charge in [0.05, 0.1) is 0 Å². The standard InChI is InChI=1S/C11H8FO/c12-10-4-5-11-8(6-10)2-1-3-9(11)7-13/h1-6H,7H2. The summed E-state index contributed by atoms with van der Waals surface area (Å²) in [4.78, 5) is 0. The van der Waals surface area contributed by atoms with Crippen molar-refractivity contribution in [3.05, 3.63) is 47.8 Å². The molecule has 0 heterocycles. The third-order valence-electron chi connectivity index (χ3n) is 2.09. The summed E-state index contributed by atoms with van der Waals surface area (Å²) in [6.45, 7) is -0.261. The Kier molecular flexibility index (Phi) is 1.99. The minimum atomic E-state index is -0.268. The largest absolute Gasteiger partial charge is 0.232 e. The third kappa shape index (κ3) is 1.40. The van der Waals surface area contributed by atoms with E-state index in [1.165, 1.54) is 12.1 Å². The summed E-state index contributed by atoms with van der Waals surface area (Å²) >= 11 is 0. The lowest BCUT2D eigenvalue weighted by Crippen LogP contribution is -1.84. The van der Waals surface area contributed by atoms with Gasteiger partial charge in [-0.2, -0.15) is 0 Å². The van der Waals surface area contributed by atoms with Crippen molar-refractivity contribution >= 4 is 10.8 Å². The predicted molar refractivity (Wildman–Crippen MR) is 48.3 cm³/mol. The van der Waals surface area contributed by atoms with Crippen LogP contribution in [-0.2, 0) is 11.7 Å². The highest BCUT2D eigenvalue weighted by Crippen LogP contribution is 2.19. The van der Waals surface area contributed by atoms with Crippen LogP contribution in [0.2, 0.25) is 0 Å². The van der Waals surface area contributed by atoms with Crippen molar-refractivity contribution in [2.24, 2.45) is 0 Å². The predicted octanol–water partition coefficient (Wildman–Crippen LogP) is 2.91. The molecule has 0 saturated carbocycles. The minimum absolute atomic E-state index is 0.261. The van der Waals surface area contributed by atoms with E-state index in [-0.39, 0.29) is 12.4 Å². The van der Waals surface area contributed by atoms with Crippen LogP contribution in [0, 0.1) is 5.82 Å². The van der Waals surface area contributed by atoms with E-state index in [4.69, 9.17) is 0 Å². The van der Waals surface area contributed by atoms with Crippen molar-refractivity contribution in [2.75, 3.05) is 0 Å². The molecule has 1 nitrogen and oxygen atoms in total. The summed E-state index contributed by atoms with van der Waals surface area (Å²) < 4.78 is 12.8. The summed E-state index contributed by atoms with van der Waals surface area (Å²) in [5.41, 5.74) is 0.720. The molecule has 2 aromatic rings. The second kappa shape index (κ2) is 3.15. The Morgan fingerprint density at radius 2 is 2.00 bits per heavy atom. The molecule has 0 atom stereocenters. The number of rotatable bonds is 1. The molecule has 0 amide bonds. The third-order valence-corrected chi connectivity index (χ3v) is 2.09. The van der Waals surface area contributed by atoms with Gasteiger partial charge in [-0.05, 0) is 28.5 Å². The van der Waals surface area contributed by atoms with Gasteiger partial charge >= 0.3 is 0 Å². The van der Waals surface area contributed by atoms with Crippen LogP contribution in [0.15, 0.2) is 36.4 Å². The molecular weight excluding hydrogens is 167 g/mol. The lowest BCUT2D eigenvalue weighted by atomic mass is 10.1. The van der Waals surface area contributed by atoms with Crippen LogP contribution in [0.3, 0.4) is 0 Å². The van der Waals surface area contributed by atoms with Crippen LogP contribution in [0.1, 0.15) is 5.56 Å². The van der Waals surface area contributed by atoms with Gasteiger partial charge in [-0.15, -0.1) is 0 Å². The highest BCUT2D eigenvalue weighted by Gasteiger charge is 2.00. The van der Waals surface area contributed by atoms with Gasteiger partial charge in [-0.3, -0.25) is 0 Å². The first kappa shape index (κ1) is 8.20. The lowest BCUT2D eigenvalue weighted by Gasteiger charge is -2.01. The fourth-order valence-electron chi connectivity index (χ4n) is 1.45. The van der Waals surface area contributed by atoms with Crippen molar-refractivity contribution in [3.63, 3.8) is 0 Å². The molecule has 0 saturated heterocycles. The van der Waals surface area contributed by atoms with Crippen LogP contribution >= 0.6 is 0 Å². The molecule has 1 radical (unpaired) electrons. The number of hydrogen-bond acceptors (Lipinski definition) is 0. The molecule has 13 heavy (non-hydrogen) atoms. The van der Waals surface area contributed by atoms with E-state index in [2.05, 4.69) is 0 Å². The Labute approximate surface area is 75.4 Å². The number of hydrogen-bond donors (Lipinski definition) is 0. The second-order valence-corrected chi connectivity index (χ2v) is 2.93. The zero-order valence-electron chi connectivity index (χ0n) is 6.96. The molecular formula is C11H8FO. The van der Waals surface area contributed by atoms with E-state index >= 15 is 0 Å². The van der Waals surface area contributed by atoms with Crippen molar-refractivity contribution in [2.45, 2.75) is 6.61 Å². The van der Waals surface area contributed by atoms with Gasteiger partial charge in [0, 0.05) is 0 Å². The van der Waals surface area contributed by atoms with Crippen molar-refractivity contribution in [3.8, 4) is 0 Å². The van der Waals surface area contributed by atoms with Gasteiger partial charge in [0.25, 0.3) is 0 Å². The Balaban J connectivity index is 2.77. The van der Waals surface area contributed by atoms with Crippen molar-refractivity contribution in [1.29, 1.82) is 0 Å². The molecule has 0 aliphatic carbocycles. The molecule has 0 bridgehead atoms. The van der Waals surface area contributed by atoms with Gasteiger partial charge in [-0.25, -0.2) is 9.50 Å². The molecule has 0 unspecified atom stereocenters. The van der Waals surface area contributed by atoms with Crippen molar-refractivity contribution in [1.82, 2.24) is 0 Å². The van der Waals surface area contributed by atoms with Crippen LogP contribution in [0.5, 0.6) is 0 Å². The number of fused-ring (bicyclic) bond motifs is 1. The fraction of sp³-hybridized carbons (Fsp3) is 0.0909. The van der Waals surface area contributed by atoms with Crippen LogP contribution < -0.4 is 0 Å². The van der Waals surface area contributed by atoms with E-state index in [0.29, 0.717) is 0 Å². The zero-order chi connectivity index (χ0) is 9.26. The average Bonchev–Trinajstić information content (AvgIpc) is 2.16. The summed E-state index contributed by atoms with van der Waals surface area (Å²) in [5, 5.41) is 12.4. The first-order chi connectivity index (χ1) is 6.31.